The summed E-state index contributed by atoms with van der Waals surface area (Å²) in [7, 11) is 0. The van der Waals surface area contributed by atoms with E-state index < -0.39 is 0 Å². The van der Waals surface area contributed by atoms with Crippen molar-refractivity contribution in [3.63, 3.8) is 0 Å². The van der Waals surface area contributed by atoms with Crippen LogP contribution in [0.5, 0.6) is 0 Å². The molecule has 9 heteroatoms. The molecule has 0 atom stereocenters. The molecule has 13 rings (SSSR count). The van der Waals surface area contributed by atoms with Gasteiger partial charge in [0.05, 0.1) is 67.6 Å². The molecule has 0 fully saturated rings. The van der Waals surface area contributed by atoms with Crippen LogP contribution in [0.2, 0.25) is 0 Å². The van der Waals surface area contributed by atoms with E-state index in [4.69, 9.17) is 19.9 Å². The van der Waals surface area contributed by atoms with Crippen molar-refractivity contribution >= 4 is 95.0 Å². The van der Waals surface area contributed by atoms with Crippen molar-refractivity contribution in [2.45, 2.75) is 169 Å². The summed E-state index contributed by atoms with van der Waals surface area (Å²) in [5, 5.41) is 0. The summed E-state index contributed by atoms with van der Waals surface area (Å²) in [4.78, 5) is 52.8. The summed E-state index contributed by atoms with van der Waals surface area (Å²) in [6, 6.07) is 35.2. The molecule has 16 bridgehead atoms. The number of nitrogens with one attached hydrogen (secondary N) is 4. The Kier molecular flexibility index (Phi) is 16.4. The highest BCUT2D eigenvalue weighted by molar-refractivity contribution is 6.10. The van der Waals surface area contributed by atoms with Gasteiger partial charge in [-0.2, -0.15) is 0 Å². The number of hydrogen-bond acceptors (Lipinski definition) is 5. The highest BCUT2D eigenvalue weighted by Gasteiger charge is 2.31. The van der Waals surface area contributed by atoms with Crippen LogP contribution in [0.4, 0.5) is 0 Å². The number of carbonyl (C=O) groups is 1. The maximum absolute atomic E-state index is 13.0. The van der Waals surface area contributed by atoms with Gasteiger partial charge in [-0.1, -0.05) is 134 Å². The predicted octanol–water partition coefficient (Wildman–Crippen LogP) is 22.6. The number of hydrogen-bond donors (Lipinski definition) is 4. The van der Waals surface area contributed by atoms with Crippen molar-refractivity contribution in [3.05, 3.63) is 198 Å². The summed E-state index contributed by atoms with van der Waals surface area (Å²) in [6.07, 6.45) is 7.41. The molecule has 0 aliphatic carbocycles. The number of aromatic nitrogens is 8. The van der Waals surface area contributed by atoms with Crippen molar-refractivity contribution in [3.8, 4) is 44.5 Å². The highest BCUT2D eigenvalue weighted by Crippen LogP contribution is 2.50. The first kappa shape index (κ1) is 62.3. The second kappa shape index (κ2) is 24.5. The second-order valence-corrected chi connectivity index (χ2v) is 25.9. The maximum atomic E-state index is 13.0. The summed E-state index contributed by atoms with van der Waals surface area (Å²) < 4.78 is 0. The van der Waals surface area contributed by atoms with E-state index in [1.807, 2.05) is 18.2 Å². The number of nitrogens with zero attached hydrogens (tertiary/aromatic N) is 4. The molecule has 0 radical (unpaired) electrons. The summed E-state index contributed by atoms with van der Waals surface area (Å²) in [6.45, 7) is 38.4. The molecule has 9 nitrogen and oxygen atoms in total. The van der Waals surface area contributed by atoms with Gasteiger partial charge in [-0.25, -0.2) is 19.9 Å². The number of rotatable bonds is 13. The zero-order valence-corrected chi connectivity index (χ0v) is 57.7. The number of carbonyl (C=O) groups excluding carboxylic acids is 1. The SMILES string of the molecule is CCC1=C(C)c2nc1cc1[nH]c(c(C)c1CC)c(-c1ccccc1-c1c3nc(cc4[nH]c(c(C)c4CC)c(-c4ccccc4C=O)c4nc(cc5[nH]c1c(C)c5CC)C(CC)=C4C)C(CC)=C3C)c1nc(cc3[nH]c(c(C)c3CC)c2-c2ccc(C)cc2)C(CC)=C1C. The minimum atomic E-state index is 0.625. The molecule has 0 saturated carbocycles. The molecular weight excluding hydrogens is 1140 g/mol. The fourth-order valence-corrected chi connectivity index (χ4v) is 16.2. The highest BCUT2D eigenvalue weighted by atomic mass is 16.1. The van der Waals surface area contributed by atoms with Gasteiger partial charge in [0.15, 0.2) is 6.29 Å². The van der Waals surface area contributed by atoms with Crippen LogP contribution in [0.1, 0.15) is 215 Å². The first-order chi connectivity index (χ1) is 45.0. The molecule has 6 aromatic heterocycles. The van der Waals surface area contributed by atoms with E-state index in [1.54, 1.807) is 0 Å². The van der Waals surface area contributed by atoms with Crippen molar-refractivity contribution in [1.29, 1.82) is 0 Å². The third-order valence-corrected chi connectivity index (χ3v) is 21.1. The van der Waals surface area contributed by atoms with Gasteiger partial charge in [-0.3, -0.25) is 4.79 Å². The minimum Gasteiger partial charge on any atom is -0.354 e. The number of aldehydes is 1. The van der Waals surface area contributed by atoms with E-state index in [0.29, 0.717) is 5.56 Å². The van der Waals surface area contributed by atoms with Crippen LogP contribution < -0.4 is 0 Å². The molecule has 0 spiro atoms. The van der Waals surface area contributed by atoms with Crippen molar-refractivity contribution < 1.29 is 4.79 Å². The average Bonchev–Trinajstić information content (AvgIpc) is 1.62. The van der Waals surface area contributed by atoms with E-state index >= 15 is 0 Å². The molecule has 4 N–H and O–H groups in total. The Morgan fingerprint density at radius 3 is 0.914 bits per heavy atom. The Labute approximate surface area is 548 Å². The lowest BCUT2D eigenvalue weighted by Crippen LogP contribution is -1.96. The molecule has 9 aromatic rings. The van der Waals surface area contributed by atoms with Gasteiger partial charge in [0.2, 0.25) is 0 Å². The molecule has 93 heavy (non-hydrogen) atoms. The summed E-state index contributed by atoms with van der Waals surface area (Å²) in [5.41, 5.74) is 45.2. The molecule has 3 aromatic carbocycles. The number of aryl methyl sites for hydroxylation is 9. The van der Waals surface area contributed by atoms with Gasteiger partial charge in [-0.05, 0) is 249 Å². The lowest BCUT2D eigenvalue weighted by Gasteiger charge is -2.16. The second-order valence-electron chi connectivity index (χ2n) is 25.9. The third kappa shape index (κ3) is 9.90. The normalized spacial score (nSPS) is 13.4. The first-order valence-corrected chi connectivity index (χ1v) is 34.1. The molecule has 0 unspecified atom stereocenters. The monoisotopic (exact) mass is 1220 g/mol. The number of aromatic amines is 4. The quantitative estimate of drug-likeness (QED) is 0.0854. The van der Waals surface area contributed by atoms with Crippen molar-refractivity contribution in [2.75, 3.05) is 0 Å². The van der Waals surface area contributed by atoms with Gasteiger partial charge >= 0.3 is 0 Å². The van der Waals surface area contributed by atoms with E-state index in [1.165, 1.54) is 72.4 Å². The van der Waals surface area contributed by atoms with Crippen LogP contribution >= 0.6 is 0 Å². The fourth-order valence-electron chi connectivity index (χ4n) is 16.2. The number of benzene rings is 3. The third-order valence-electron chi connectivity index (χ3n) is 21.1. The Hall–Kier alpha value is -9.47. The molecule has 4 aliphatic heterocycles. The Bertz CT molecular complexity index is 5170. The van der Waals surface area contributed by atoms with E-state index in [2.05, 4.69) is 217 Å². The van der Waals surface area contributed by atoms with Gasteiger partial charge in [0.1, 0.15) is 0 Å². The minimum absolute atomic E-state index is 0.625. The van der Waals surface area contributed by atoms with Gasteiger partial charge in [0.25, 0.3) is 0 Å². The topological polar surface area (TPSA) is 132 Å². The zero-order valence-electron chi connectivity index (χ0n) is 57.7. The summed E-state index contributed by atoms with van der Waals surface area (Å²) >= 11 is 0. The van der Waals surface area contributed by atoms with Gasteiger partial charge in [-0.15, -0.1) is 0 Å². The first-order valence-electron chi connectivity index (χ1n) is 34.1. The molecule has 470 valence electrons. The Balaban J connectivity index is 1.22. The molecule has 4 aliphatic rings. The van der Waals surface area contributed by atoms with Crippen LogP contribution in [-0.4, -0.2) is 46.2 Å². The van der Waals surface area contributed by atoms with Crippen LogP contribution in [0.25, 0.3) is 133 Å². The molecule has 0 saturated heterocycles. The predicted molar refractivity (Wildman–Crippen MR) is 395 cm³/mol. The van der Waals surface area contributed by atoms with Crippen LogP contribution in [-0.2, 0) is 25.7 Å². The van der Waals surface area contributed by atoms with Crippen LogP contribution in [0, 0.1) is 34.6 Å². The standard InChI is InChI=1S/C84H88N8O/c1-18-54-44(10)77-73(52-36-34-43(9)35-37-52)78-45(11)55(19-2)66(86-78)39-70-59(23-6)49(15)82(90-70)75(81-48(14)58(22-5)69(89-81)38-65(54)85-77)63-32-28-29-33-64(63)76-83-50(16)60(24-7)71(91-83)40-67-56(20-3)46(12)79(87-67)74(62-31-27-26-30-53(62)42-93)80-47(13)57(21-4)68(88-80)41-72-61(25-8)51(17)84(76)92-72/h26-42,85,87,90,92H,18-25H2,1-17H3. The van der Waals surface area contributed by atoms with E-state index in [9.17, 15) is 4.79 Å². The molecule has 0 amide bonds. The molecular formula is C84H88N8O. The average molecular weight is 1230 g/mol. The van der Waals surface area contributed by atoms with E-state index in [-0.39, 0.29) is 0 Å². The van der Waals surface area contributed by atoms with Gasteiger partial charge < -0.3 is 19.9 Å². The zero-order chi connectivity index (χ0) is 65.6. The molecule has 10 heterocycles. The lowest BCUT2D eigenvalue weighted by molar-refractivity contribution is 0.112. The number of H-pyrrole nitrogens is 4. The largest absolute Gasteiger partial charge is 0.354 e. The fraction of sp³-hybridized carbons (Fsp3) is 0.298. The van der Waals surface area contributed by atoms with Crippen molar-refractivity contribution in [1.82, 2.24) is 39.9 Å². The van der Waals surface area contributed by atoms with E-state index in [0.717, 1.165) is 214 Å². The van der Waals surface area contributed by atoms with Crippen LogP contribution in [0.3, 0.4) is 0 Å². The lowest BCUT2D eigenvalue weighted by atomic mass is 9.88. The maximum Gasteiger partial charge on any atom is 0.150 e. The van der Waals surface area contributed by atoms with Crippen molar-refractivity contribution in [2.24, 2.45) is 0 Å². The smallest absolute Gasteiger partial charge is 0.150 e. The Morgan fingerprint density at radius 1 is 0.333 bits per heavy atom. The van der Waals surface area contributed by atoms with Gasteiger partial charge in [0, 0.05) is 49.9 Å². The Morgan fingerprint density at radius 2 is 0.613 bits per heavy atom. The number of allylic oxidation sites excluding steroid dienone is 8. The summed E-state index contributed by atoms with van der Waals surface area (Å²) in [5.74, 6) is 0. The number of fused-ring (bicyclic) bond motifs is 16. The van der Waals surface area contributed by atoms with Crippen LogP contribution in [0.15, 0.2) is 97.1 Å².